The number of hydrogen-bond donors (Lipinski definition) is 3. The third-order valence-electron chi connectivity index (χ3n) is 6.19. The average Bonchev–Trinajstić information content (AvgIpc) is 3.20. The zero-order valence-corrected chi connectivity index (χ0v) is 21.2. The smallest absolute Gasteiger partial charge is 0.408 e. The number of nitrogens with one attached hydrogen (secondary N) is 2. The van der Waals surface area contributed by atoms with E-state index in [2.05, 4.69) is 39.8 Å². The van der Waals surface area contributed by atoms with Gasteiger partial charge in [-0.1, -0.05) is 60.7 Å². The zero-order valence-electron chi connectivity index (χ0n) is 21.2. The van der Waals surface area contributed by atoms with Gasteiger partial charge in [-0.15, -0.1) is 0 Å². The molecule has 0 aliphatic carbocycles. The highest BCUT2D eigenvalue weighted by Gasteiger charge is 2.33. The van der Waals surface area contributed by atoms with Crippen molar-refractivity contribution in [2.24, 2.45) is 5.73 Å². The van der Waals surface area contributed by atoms with Crippen LogP contribution < -0.4 is 16.4 Å². The van der Waals surface area contributed by atoms with E-state index >= 15 is 0 Å². The Morgan fingerprint density at radius 1 is 1.06 bits per heavy atom. The van der Waals surface area contributed by atoms with Gasteiger partial charge >= 0.3 is 6.09 Å². The van der Waals surface area contributed by atoms with Gasteiger partial charge < -0.3 is 21.1 Å². The van der Waals surface area contributed by atoms with Gasteiger partial charge in [-0.3, -0.25) is 9.69 Å². The van der Waals surface area contributed by atoms with Crippen molar-refractivity contribution in [3.63, 3.8) is 0 Å². The van der Waals surface area contributed by atoms with Crippen LogP contribution in [0.15, 0.2) is 60.7 Å². The normalized spacial score (nSPS) is 19.2. The second kappa shape index (κ2) is 12.7. The highest BCUT2D eigenvalue weighted by atomic mass is 16.6. The Hall–Kier alpha value is -2.90. The van der Waals surface area contributed by atoms with E-state index in [1.54, 1.807) is 20.8 Å². The number of likely N-dealkylation sites (tertiary alicyclic amines) is 1. The first kappa shape index (κ1) is 26.7. The van der Waals surface area contributed by atoms with Crippen LogP contribution in [0.25, 0.3) is 0 Å². The molecule has 4 N–H and O–H groups in total. The molecule has 35 heavy (non-hydrogen) atoms. The molecule has 0 unspecified atom stereocenters. The van der Waals surface area contributed by atoms with Crippen LogP contribution in [0.2, 0.25) is 0 Å². The fourth-order valence-electron chi connectivity index (χ4n) is 4.55. The summed E-state index contributed by atoms with van der Waals surface area (Å²) in [6.45, 7) is 7.66. The number of hydrogen-bond acceptors (Lipinski definition) is 5. The molecular weight excluding hydrogens is 440 g/mol. The van der Waals surface area contributed by atoms with Gasteiger partial charge in [-0.05, 0) is 57.7 Å². The molecule has 190 valence electrons. The van der Waals surface area contributed by atoms with E-state index in [9.17, 15) is 9.59 Å². The molecule has 0 spiro atoms. The van der Waals surface area contributed by atoms with Crippen molar-refractivity contribution < 1.29 is 14.3 Å². The van der Waals surface area contributed by atoms with Crippen LogP contribution in [0.5, 0.6) is 0 Å². The summed E-state index contributed by atoms with van der Waals surface area (Å²) in [4.78, 5) is 28.1. The highest BCUT2D eigenvalue weighted by Crippen LogP contribution is 2.19. The number of nitrogens with two attached hydrogens (primary N) is 1. The third kappa shape index (κ3) is 9.00. The summed E-state index contributed by atoms with van der Waals surface area (Å²) in [5.41, 5.74) is 7.72. The summed E-state index contributed by atoms with van der Waals surface area (Å²) in [6.07, 6.45) is 2.66. The topological polar surface area (TPSA) is 96.7 Å². The van der Waals surface area contributed by atoms with Gasteiger partial charge in [0.2, 0.25) is 5.91 Å². The quantitative estimate of drug-likeness (QED) is 0.485. The van der Waals surface area contributed by atoms with Crippen LogP contribution >= 0.6 is 0 Å². The third-order valence-corrected chi connectivity index (χ3v) is 6.19. The lowest BCUT2D eigenvalue weighted by Crippen LogP contribution is -2.52. The number of aryl methyl sites for hydroxylation is 1. The highest BCUT2D eigenvalue weighted by molar-refractivity contribution is 5.86. The molecule has 7 nitrogen and oxygen atoms in total. The van der Waals surface area contributed by atoms with Crippen molar-refractivity contribution in [1.82, 2.24) is 15.5 Å². The molecule has 0 aromatic heterocycles. The fourth-order valence-corrected chi connectivity index (χ4v) is 4.55. The minimum atomic E-state index is -0.726. The summed E-state index contributed by atoms with van der Waals surface area (Å²) < 4.78 is 5.40. The number of ether oxygens (including phenoxy) is 1. The Morgan fingerprint density at radius 2 is 1.69 bits per heavy atom. The van der Waals surface area contributed by atoms with Gasteiger partial charge in [-0.2, -0.15) is 0 Å². The van der Waals surface area contributed by atoms with E-state index in [0.29, 0.717) is 13.0 Å². The maximum Gasteiger partial charge on any atom is 0.408 e. The van der Waals surface area contributed by atoms with Gasteiger partial charge in [0.1, 0.15) is 11.6 Å². The van der Waals surface area contributed by atoms with Crippen LogP contribution in [0.4, 0.5) is 4.79 Å². The van der Waals surface area contributed by atoms with E-state index in [0.717, 1.165) is 37.9 Å². The summed E-state index contributed by atoms with van der Waals surface area (Å²) in [5.74, 6) is -0.202. The first-order chi connectivity index (χ1) is 16.7. The van der Waals surface area contributed by atoms with Gasteiger partial charge in [-0.25, -0.2) is 4.79 Å². The second-order valence-electron chi connectivity index (χ2n) is 10.3. The Labute approximate surface area is 209 Å². The molecule has 1 heterocycles. The first-order valence-corrected chi connectivity index (χ1v) is 12.6. The lowest BCUT2D eigenvalue weighted by Gasteiger charge is -2.24. The Morgan fingerprint density at radius 3 is 2.29 bits per heavy atom. The van der Waals surface area contributed by atoms with Crippen LogP contribution in [0, 0.1) is 0 Å². The minimum Gasteiger partial charge on any atom is -0.444 e. The van der Waals surface area contributed by atoms with E-state index in [4.69, 9.17) is 10.5 Å². The molecule has 1 aliphatic rings. The Kier molecular flexibility index (Phi) is 9.69. The van der Waals surface area contributed by atoms with Gasteiger partial charge in [0, 0.05) is 31.6 Å². The summed E-state index contributed by atoms with van der Waals surface area (Å²) in [6, 6.07) is 19.6. The van der Waals surface area contributed by atoms with E-state index < -0.39 is 17.7 Å². The molecule has 1 saturated heterocycles. The standard InChI is InChI=1S/C28H40N4O3/c1-28(2,3)35-27(34)31-25(17-22-13-8-5-9-14-22)26(33)30-23-18-24(19-29)32(20-23)16-10-15-21-11-6-4-7-12-21/h4-9,11-14,23-25H,10,15-20,29H2,1-3H3,(H,30,33)(H,31,34)/t23-,24-,25-/m0/s1. The number of carbonyl (C=O) groups is 2. The Balaban J connectivity index is 1.58. The first-order valence-electron chi connectivity index (χ1n) is 12.6. The van der Waals surface area contributed by atoms with Gasteiger partial charge in [0.25, 0.3) is 0 Å². The van der Waals surface area contributed by atoms with Crippen LogP contribution in [0.1, 0.15) is 44.7 Å². The molecule has 1 aliphatic heterocycles. The predicted octanol–water partition coefficient (Wildman–Crippen LogP) is 3.27. The van der Waals surface area contributed by atoms with Crippen molar-refractivity contribution in [2.45, 2.75) is 70.2 Å². The molecule has 2 aromatic rings. The molecule has 1 fully saturated rings. The Bertz CT molecular complexity index is 930. The van der Waals surface area contributed by atoms with Crippen molar-refractivity contribution >= 4 is 12.0 Å². The van der Waals surface area contributed by atoms with E-state index in [-0.39, 0.29) is 18.0 Å². The van der Waals surface area contributed by atoms with E-state index in [1.807, 2.05) is 36.4 Å². The van der Waals surface area contributed by atoms with Crippen molar-refractivity contribution in [3.8, 4) is 0 Å². The molecule has 2 aromatic carbocycles. The molecule has 2 amide bonds. The number of rotatable bonds is 10. The maximum absolute atomic E-state index is 13.3. The van der Waals surface area contributed by atoms with E-state index in [1.165, 1.54) is 5.56 Å². The summed E-state index contributed by atoms with van der Waals surface area (Å²) in [5, 5.41) is 5.94. The maximum atomic E-state index is 13.3. The number of amides is 2. The molecule has 0 radical (unpaired) electrons. The van der Waals surface area contributed by atoms with Crippen molar-refractivity contribution in [2.75, 3.05) is 19.6 Å². The van der Waals surface area contributed by atoms with Crippen LogP contribution in [-0.4, -0.2) is 60.3 Å². The summed E-state index contributed by atoms with van der Waals surface area (Å²) >= 11 is 0. The second-order valence-corrected chi connectivity index (χ2v) is 10.3. The number of carbonyl (C=O) groups excluding carboxylic acids is 2. The average molecular weight is 481 g/mol. The number of nitrogens with zero attached hydrogens (tertiary/aromatic N) is 1. The summed E-state index contributed by atoms with van der Waals surface area (Å²) in [7, 11) is 0. The molecule has 7 heteroatoms. The molecular formula is C28H40N4O3. The largest absolute Gasteiger partial charge is 0.444 e. The number of alkyl carbamates (subject to hydrolysis) is 1. The minimum absolute atomic E-state index is 0.00788. The van der Waals surface area contributed by atoms with Gasteiger partial charge in [0.15, 0.2) is 0 Å². The monoisotopic (exact) mass is 480 g/mol. The molecule has 3 rings (SSSR count). The lowest BCUT2D eigenvalue weighted by molar-refractivity contribution is -0.123. The lowest BCUT2D eigenvalue weighted by atomic mass is 10.0. The SMILES string of the molecule is CC(C)(C)OC(=O)N[C@@H](Cc1ccccc1)C(=O)N[C@H]1C[C@@H](CN)N(CCCc2ccccc2)C1. The van der Waals surface area contributed by atoms with Gasteiger partial charge in [0.05, 0.1) is 0 Å². The van der Waals surface area contributed by atoms with Crippen molar-refractivity contribution in [1.29, 1.82) is 0 Å². The predicted molar refractivity (Wildman–Crippen MR) is 139 cm³/mol. The molecule has 3 atom stereocenters. The van der Waals surface area contributed by atoms with Crippen LogP contribution in [0.3, 0.4) is 0 Å². The molecule has 0 saturated carbocycles. The number of benzene rings is 2. The van der Waals surface area contributed by atoms with Crippen molar-refractivity contribution in [3.05, 3.63) is 71.8 Å². The molecule has 0 bridgehead atoms. The fraction of sp³-hybridized carbons (Fsp3) is 0.500. The zero-order chi connectivity index (χ0) is 25.3. The van der Waals surface area contributed by atoms with Crippen LogP contribution in [-0.2, 0) is 22.4 Å².